The first kappa shape index (κ1) is 22.9. The summed E-state index contributed by atoms with van der Waals surface area (Å²) >= 11 is 24.0. The Bertz CT molecular complexity index is 928. The molecule has 2 heterocycles. The van der Waals surface area contributed by atoms with Crippen LogP contribution in [0.15, 0.2) is 0 Å². The van der Waals surface area contributed by atoms with Crippen LogP contribution in [0.5, 0.6) is 0 Å². The molecule has 3 rings (SSSR count). The van der Waals surface area contributed by atoms with E-state index < -0.39 is 35.5 Å². The van der Waals surface area contributed by atoms with Crippen molar-refractivity contribution in [1.82, 2.24) is 9.96 Å². The van der Waals surface area contributed by atoms with Gasteiger partial charge in [-0.2, -0.15) is 0 Å². The highest BCUT2D eigenvalue weighted by Crippen LogP contribution is 2.45. The molecule has 1 saturated heterocycles. The minimum absolute atomic E-state index is 0.205. The number of carbonyl (C=O) groups is 4. The Morgan fingerprint density at radius 2 is 1.43 bits per heavy atom. The molecule has 8 nitrogen and oxygen atoms in total. The van der Waals surface area contributed by atoms with Crippen molar-refractivity contribution >= 4 is 70.3 Å². The zero-order valence-electron chi connectivity index (χ0n) is 16.1. The second-order valence-corrected chi connectivity index (χ2v) is 9.16. The summed E-state index contributed by atoms with van der Waals surface area (Å²) in [6, 6.07) is -1.03. The van der Waals surface area contributed by atoms with E-state index in [1.165, 1.54) is 4.90 Å². The van der Waals surface area contributed by atoms with Gasteiger partial charge in [0.15, 0.2) is 0 Å². The lowest BCUT2D eigenvalue weighted by atomic mass is 10.1. The van der Waals surface area contributed by atoms with Crippen LogP contribution in [0.25, 0.3) is 0 Å². The zero-order valence-corrected chi connectivity index (χ0v) is 19.1. The van der Waals surface area contributed by atoms with Crippen LogP contribution in [-0.4, -0.2) is 52.0 Å². The van der Waals surface area contributed by atoms with Crippen LogP contribution >= 0.6 is 46.4 Å². The van der Waals surface area contributed by atoms with Gasteiger partial charge in [0.1, 0.15) is 11.6 Å². The number of likely N-dealkylation sites (tertiary alicyclic amines) is 1. The number of rotatable bonds is 2. The van der Waals surface area contributed by atoms with Gasteiger partial charge in [0.25, 0.3) is 11.8 Å². The molecule has 0 aromatic heterocycles. The van der Waals surface area contributed by atoms with Gasteiger partial charge < -0.3 is 9.57 Å². The number of hydroxylamine groups is 2. The predicted octanol–water partition coefficient (Wildman–Crippen LogP) is 4.75. The van der Waals surface area contributed by atoms with Crippen molar-refractivity contribution in [2.24, 2.45) is 0 Å². The van der Waals surface area contributed by atoms with Crippen molar-refractivity contribution in [3.8, 4) is 0 Å². The lowest BCUT2D eigenvalue weighted by Gasteiger charge is -2.28. The van der Waals surface area contributed by atoms with Crippen molar-refractivity contribution in [3.63, 3.8) is 0 Å². The third-order valence-corrected chi connectivity index (χ3v) is 6.20. The Morgan fingerprint density at radius 3 is 1.90 bits per heavy atom. The average Bonchev–Trinajstić information content (AvgIpc) is 3.22. The van der Waals surface area contributed by atoms with E-state index >= 15 is 0 Å². The maximum Gasteiger partial charge on any atom is 0.411 e. The average molecular weight is 498 g/mol. The largest absolute Gasteiger partial charge is 0.444 e. The number of hydrogen-bond acceptors (Lipinski definition) is 6. The monoisotopic (exact) mass is 496 g/mol. The van der Waals surface area contributed by atoms with Gasteiger partial charge in [-0.25, -0.2) is 9.59 Å². The van der Waals surface area contributed by atoms with E-state index in [-0.39, 0.29) is 49.2 Å². The van der Waals surface area contributed by atoms with Gasteiger partial charge in [0, 0.05) is 6.54 Å². The third kappa shape index (κ3) is 3.93. The zero-order chi connectivity index (χ0) is 22.5. The quantitative estimate of drug-likeness (QED) is 0.332. The van der Waals surface area contributed by atoms with Crippen LogP contribution in [0.1, 0.15) is 54.3 Å². The van der Waals surface area contributed by atoms with E-state index in [4.69, 9.17) is 56.0 Å². The maximum atomic E-state index is 12.7. The smallest absolute Gasteiger partial charge is 0.411 e. The highest BCUT2D eigenvalue weighted by molar-refractivity contribution is 6.55. The Morgan fingerprint density at radius 1 is 0.933 bits per heavy atom. The van der Waals surface area contributed by atoms with Gasteiger partial charge in [0.2, 0.25) is 0 Å². The summed E-state index contributed by atoms with van der Waals surface area (Å²) in [5, 5.41) is -0.738. The molecule has 0 N–H and O–H groups in total. The van der Waals surface area contributed by atoms with E-state index in [1.54, 1.807) is 20.8 Å². The van der Waals surface area contributed by atoms with E-state index in [9.17, 15) is 19.2 Å². The number of fused-ring (bicyclic) bond motifs is 1. The second kappa shape index (κ2) is 8.07. The fourth-order valence-electron chi connectivity index (χ4n) is 3.11. The van der Waals surface area contributed by atoms with Gasteiger partial charge in [-0.3, -0.25) is 14.5 Å². The topological polar surface area (TPSA) is 93.2 Å². The first-order valence-corrected chi connectivity index (χ1v) is 10.3. The van der Waals surface area contributed by atoms with Crippen molar-refractivity contribution in [1.29, 1.82) is 0 Å². The van der Waals surface area contributed by atoms with Gasteiger partial charge in [-0.05, 0) is 33.6 Å². The van der Waals surface area contributed by atoms with Crippen molar-refractivity contribution < 1.29 is 28.8 Å². The summed E-state index contributed by atoms with van der Waals surface area (Å²) in [6.07, 6.45) is 0.0960. The number of benzene rings is 1. The van der Waals surface area contributed by atoms with Crippen molar-refractivity contribution in [3.05, 3.63) is 31.2 Å². The maximum absolute atomic E-state index is 12.7. The summed E-state index contributed by atoms with van der Waals surface area (Å²) in [6.45, 7) is 5.34. The molecule has 0 spiro atoms. The SMILES string of the molecule is CC(C)(C)OC(=O)N1CCCC1C(=O)ON1C(=O)c2c(Cl)c(Cl)c(Cl)c(Cl)c2C1=O. The summed E-state index contributed by atoms with van der Waals surface area (Å²) in [4.78, 5) is 56.6. The Labute approximate surface area is 191 Å². The molecule has 0 bridgehead atoms. The lowest BCUT2D eigenvalue weighted by molar-refractivity contribution is -0.173. The van der Waals surface area contributed by atoms with E-state index in [0.29, 0.717) is 6.42 Å². The molecule has 1 unspecified atom stereocenters. The molecular formula is C18H16Cl4N2O6. The summed E-state index contributed by atoms with van der Waals surface area (Å²) in [5.41, 5.74) is -1.39. The fourth-order valence-corrected chi connectivity index (χ4v) is 4.13. The highest BCUT2D eigenvalue weighted by atomic mass is 35.5. The molecule has 30 heavy (non-hydrogen) atoms. The number of carbonyl (C=O) groups excluding carboxylic acids is 4. The van der Waals surface area contributed by atoms with Crippen LogP contribution in [0.3, 0.4) is 0 Å². The number of hydrogen-bond donors (Lipinski definition) is 0. The third-order valence-electron chi connectivity index (χ3n) is 4.40. The summed E-state index contributed by atoms with van der Waals surface area (Å²) in [7, 11) is 0. The number of imide groups is 1. The molecule has 1 aromatic rings. The molecule has 1 fully saturated rings. The highest BCUT2D eigenvalue weighted by Gasteiger charge is 2.46. The fraction of sp³-hybridized carbons (Fsp3) is 0.444. The second-order valence-electron chi connectivity index (χ2n) is 7.65. The lowest BCUT2D eigenvalue weighted by Crippen LogP contribution is -2.46. The molecule has 0 saturated carbocycles. The normalized spacial score (nSPS) is 18.7. The number of amides is 3. The molecule has 2 aliphatic rings. The Kier molecular flexibility index (Phi) is 6.17. The molecule has 12 heteroatoms. The predicted molar refractivity (Wildman–Crippen MR) is 109 cm³/mol. The number of ether oxygens (including phenoxy) is 1. The molecule has 162 valence electrons. The molecule has 0 aliphatic carbocycles. The first-order chi connectivity index (χ1) is 13.8. The molecule has 1 atom stereocenters. The van der Waals surface area contributed by atoms with E-state index in [0.717, 1.165) is 0 Å². The van der Waals surface area contributed by atoms with E-state index in [1.807, 2.05) is 0 Å². The summed E-state index contributed by atoms with van der Waals surface area (Å²) < 4.78 is 5.29. The van der Waals surface area contributed by atoms with Crippen LogP contribution in [0, 0.1) is 0 Å². The van der Waals surface area contributed by atoms with Crippen LogP contribution in [0.4, 0.5) is 4.79 Å². The molecular weight excluding hydrogens is 482 g/mol. The molecule has 3 amide bonds. The van der Waals surface area contributed by atoms with Crippen molar-refractivity contribution in [2.75, 3.05) is 6.54 Å². The van der Waals surface area contributed by atoms with Gasteiger partial charge >= 0.3 is 12.1 Å². The van der Waals surface area contributed by atoms with Crippen LogP contribution < -0.4 is 0 Å². The van der Waals surface area contributed by atoms with Gasteiger partial charge in [-0.1, -0.05) is 51.5 Å². The Balaban J connectivity index is 1.83. The van der Waals surface area contributed by atoms with Crippen LogP contribution in [-0.2, 0) is 14.4 Å². The van der Waals surface area contributed by atoms with Gasteiger partial charge in [-0.15, -0.1) is 0 Å². The van der Waals surface area contributed by atoms with Gasteiger partial charge in [0.05, 0.1) is 31.2 Å². The van der Waals surface area contributed by atoms with Crippen LogP contribution in [0.2, 0.25) is 20.1 Å². The molecule has 2 aliphatic heterocycles. The standard InChI is InChI=1S/C18H16Cl4N2O6/c1-18(2,3)29-17(28)23-6-4-5-7(23)16(27)30-24-14(25)8-9(15(24)26)11(20)13(22)12(21)10(8)19/h7H,4-6H2,1-3H3. The number of halogens is 4. The minimum atomic E-state index is -1.03. The minimum Gasteiger partial charge on any atom is -0.444 e. The molecule has 0 radical (unpaired) electrons. The Hall–Kier alpha value is -1.74. The van der Waals surface area contributed by atoms with E-state index in [2.05, 4.69) is 0 Å². The van der Waals surface area contributed by atoms with Crippen molar-refractivity contribution in [2.45, 2.75) is 45.3 Å². The molecule has 1 aromatic carbocycles. The number of nitrogens with zero attached hydrogens (tertiary/aromatic N) is 2. The summed E-state index contributed by atoms with van der Waals surface area (Å²) in [5.74, 6) is -3.01. The first-order valence-electron chi connectivity index (χ1n) is 8.81.